The molecule has 92 valence electrons. The van der Waals surface area contributed by atoms with E-state index in [2.05, 4.69) is 0 Å². The zero-order valence-electron chi connectivity index (χ0n) is 9.93. The Balaban J connectivity index is 2.35. The first-order valence-electron chi connectivity index (χ1n) is 5.59. The average Bonchev–Trinajstić information content (AvgIpc) is 2.37. The van der Waals surface area contributed by atoms with Gasteiger partial charge in [0.2, 0.25) is 0 Å². The minimum absolute atomic E-state index is 0.292. The van der Waals surface area contributed by atoms with E-state index in [1.54, 1.807) is 0 Å². The largest absolute Gasteiger partial charge is 0.506 e. The highest BCUT2D eigenvalue weighted by atomic mass is 35.5. The number of phenolic OH excluding ortho intramolecular Hbond substituents is 1. The molecule has 0 radical (unpaired) electrons. The van der Waals surface area contributed by atoms with Gasteiger partial charge in [0.15, 0.2) is 0 Å². The predicted molar refractivity (Wildman–Crippen MR) is 78.4 cm³/mol. The van der Waals surface area contributed by atoms with Crippen molar-refractivity contribution in [2.75, 3.05) is 0 Å². The summed E-state index contributed by atoms with van der Waals surface area (Å²) in [5, 5.41) is 10.8. The number of aromatic hydroxyl groups is 1. The molecule has 0 saturated heterocycles. The van der Waals surface area contributed by atoms with Gasteiger partial charge < -0.3 is 5.11 Å². The van der Waals surface area contributed by atoms with Crippen molar-refractivity contribution >= 4 is 29.4 Å². The first kappa shape index (κ1) is 13.1. The summed E-state index contributed by atoms with van der Waals surface area (Å²) in [6.07, 6.45) is 3.78. The highest BCUT2D eigenvalue weighted by Crippen LogP contribution is 2.39. The second-order valence-corrected chi connectivity index (χ2v) is 5.22. The average molecular weight is 277 g/mol. The quantitative estimate of drug-likeness (QED) is 0.828. The summed E-state index contributed by atoms with van der Waals surface area (Å²) in [5.74, 6) is 0.292. The lowest BCUT2D eigenvalue weighted by molar-refractivity contribution is 0.461. The number of para-hydroxylation sites is 1. The van der Waals surface area contributed by atoms with Crippen LogP contribution in [-0.4, -0.2) is 5.11 Å². The van der Waals surface area contributed by atoms with Gasteiger partial charge in [0.25, 0.3) is 0 Å². The van der Waals surface area contributed by atoms with E-state index >= 15 is 0 Å². The maximum atomic E-state index is 10.2. The van der Waals surface area contributed by atoms with Crippen molar-refractivity contribution in [2.45, 2.75) is 16.7 Å². The number of halogens is 1. The normalized spacial score (nSPS) is 11.0. The van der Waals surface area contributed by atoms with Gasteiger partial charge in [0, 0.05) is 10.5 Å². The fourth-order valence-corrected chi connectivity index (χ4v) is 2.74. The summed E-state index contributed by atoms with van der Waals surface area (Å²) in [4.78, 5) is 1.74. The fraction of sp³-hybridized carbons (Fsp3) is 0.0667. The molecule has 0 saturated carbocycles. The Hall–Kier alpha value is -1.38. The van der Waals surface area contributed by atoms with E-state index in [0.29, 0.717) is 10.8 Å². The highest BCUT2D eigenvalue weighted by Gasteiger charge is 2.08. The van der Waals surface area contributed by atoms with Gasteiger partial charge in [0.1, 0.15) is 5.75 Å². The summed E-state index contributed by atoms with van der Waals surface area (Å²) < 4.78 is 0. The number of allylic oxidation sites excluding steroid dienone is 1. The number of phenols is 1. The van der Waals surface area contributed by atoms with Crippen molar-refractivity contribution in [3.8, 4) is 5.75 Å². The van der Waals surface area contributed by atoms with E-state index in [1.165, 1.54) is 11.8 Å². The summed E-state index contributed by atoms with van der Waals surface area (Å²) in [5.41, 5.74) is 0.814. The maximum Gasteiger partial charge on any atom is 0.136 e. The van der Waals surface area contributed by atoms with Crippen LogP contribution in [0.4, 0.5) is 0 Å². The summed E-state index contributed by atoms with van der Waals surface area (Å²) >= 11 is 7.58. The number of benzene rings is 2. The Labute approximate surface area is 116 Å². The van der Waals surface area contributed by atoms with Crippen LogP contribution in [-0.2, 0) is 0 Å². The van der Waals surface area contributed by atoms with Crippen LogP contribution in [0, 0.1) is 0 Å². The Morgan fingerprint density at radius 1 is 1.06 bits per heavy atom. The first-order valence-corrected chi connectivity index (χ1v) is 6.79. The van der Waals surface area contributed by atoms with Crippen LogP contribution >= 0.6 is 23.4 Å². The van der Waals surface area contributed by atoms with Crippen LogP contribution in [0.2, 0.25) is 5.02 Å². The number of rotatable bonds is 3. The molecule has 0 bridgehead atoms. The van der Waals surface area contributed by atoms with Crippen LogP contribution in [0.1, 0.15) is 12.5 Å². The molecule has 0 amide bonds. The smallest absolute Gasteiger partial charge is 0.136 e. The molecule has 0 aliphatic heterocycles. The van der Waals surface area contributed by atoms with Crippen LogP contribution in [0.25, 0.3) is 6.08 Å². The summed E-state index contributed by atoms with van der Waals surface area (Å²) in [7, 11) is 0. The third-order valence-corrected chi connectivity index (χ3v) is 4.00. The van der Waals surface area contributed by atoms with Gasteiger partial charge >= 0.3 is 0 Å². The van der Waals surface area contributed by atoms with Crippen LogP contribution in [0.15, 0.2) is 58.3 Å². The molecule has 0 fully saturated rings. The van der Waals surface area contributed by atoms with Crippen molar-refractivity contribution in [2.24, 2.45) is 0 Å². The van der Waals surface area contributed by atoms with Crippen molar-refractivity contribution < 1.29 is 5.11 Å². The molecule has 1 N–H and O–H groups in total. The minimum atomic E-state index is 0.292. The fourth-order valence-electron chi connectivity index (χ4n) is 1.58. The summed E-state index contributed by atoms with van der Waals surface area (Å²) in [6, 6.07) is 13.3. The van der Waals surface area contributed by atoms with Gasteiger partial charge in [0.05, 0.1) is 9.92 Å². The van der Waals surface area contributed by atoms with Crippen molar-refractivity contribution in [1.29, 1.82) is 0 Å². The zero-order chi connectivity index (χ0) is 13.0. The molecule has 0 heterocycles. The second-order valence-electron chi connectivity index (χ2n) is 3.73. The van der Waals surface area contributed by atoms with Gasteiger partial charge in [-0.3, -0.25) is 0 Å². The van der Waals surface area contributed by atoms with E-state index in [4.69, 9.17) is 11.6 Å². The van der Waals surface area contributed by atoms with Crippen LogP contribution < -0.4 is 0 Å². The SMILES string of the molecule is CC=Cc1cccc(Sc2ccccc2Cl)c1O. The lowest BCUT2D eigenvalue weighted by atomic mass is 10.2. The third kappa shape index (κ3) is 2.89. The molecule has 2 aromatic carbocycles. The monoisotopic (exact) mass is 276 g/mol. The molecule has 2 aromatic rings. The molecule has 0 atom stereocenters. The van der Waals surface area contributed by atoms with E-state index < -0.39 is 0 Å². The highest BCUT2D eigenvalue weighted by molar-refractivity contribution is 7.99. The summed E-state index contributed by atoms with van der Waals surface area (Å²) in [6.45, 7) is 1.92. The van der Waals surface area contributed by atoms with Gasteiger partial charge in [-0.25, -0.2) is 0 Å². The minimum Gasteiger partial charge on any atom is -0.506 e. The van der Waals surface area contributed by atoms with E-state index in [-0.39, 0.29) is 0 Å². The zero-order valence-corrected chi connectivity index (χ0v) is 11.5. The Kier molecular flexibility index (Phi) is 4.34. The molecular weight excluding hydrogens is 264 g/mol. The van der Waals surface area contributed by atoms with E-state index in [1.807, 2.05) is 61.5 Å². The van der Waals surface area contributed by atoms with Crippen LogP contribution in [0.3, 0.4) is 0 Å². The maximum absolute atomic E-state index is 10.2. The van der Waals surface area contributed by atoms with Crippen LogP contribution in [0.5, 0.6) is 5.75 Å². The lowest BCUT2D eigenvalue weighted by Crippen LogP contribution is -1.80. The molecule has 2 rings (SSSR count). The van der Waals surface area contributed by atoms with Gasteiger partial charge in [-0.15, -0.1) is 0 Å². The van der Waals surface area contributed by atoms with Crippen molar-refractivity contribution in [3.63, 3.8) is 0 Å². The van der Waals surface area contributed by atoms with E-state index in [9.17, 15) is 5.11 Å². The lowest BCUT2D eigenvalue weighted by Gasteiger charge is -2.08. The van der Waals surface area contributed by atoms with Gasteiger partial charge in [-0.05, 0) is 25.1 Å². The molecule has 0 aromatic heterocycles. The Morgan fingerprint density at radius 3 is 2.50 bits per heavy atom. The van der Waals surface area contributed by atoms with Crippen molar-refractivity contribution in [1.82, 2.24) is 0 Å². The topological polar surface area (TPSA) is 20.2 Å². The molecule has 0 aliphatic rings. The molecule has 1 nitrogen and oxygen atoms in total. The molecule has 18 heavy (non-hydrogen) atoms. The first-order chi connectivity index (χ1) is 8.72. The van der Waals surface area contributed by atoms with Gasteiger partial charge in [-0.1, -0.05) is 59.8 Å². The second kappa shape index (κ2) is 5.98. The molecular formula is C15H13ClOS. The predicted octanol–water partition coefficient (Wildman–Crippen LogP) is 5.23. The molecule has 0 spiro atoms. The Morgan fingerprint density at radius 2 is 1.78 bits per heavy atom. The number of hydrogen-bond acceptors (Lipinski definition) is 2. The van der Waals surface area contributed by atoms with Gasteiger partial charge in [-0.2, -0.15) is 0 Å². The molecule has 3 heteroatoms. The van der Waals surface area contributed by atoms with E-state index in [0.717, 1.165) is 15.4 Å². The molecule has 0 aliphatic carbocycles. The molecule has 0 unspecified atom stereocenters. The number of hydrogen-bond donors (Lipinski definition) is 1. The third-order valence-electron chi connectivity index (χ3n) is 2.43. The Bertz CT molecular complexity index is 578. The standard InChI is InChI=1S/C15H13ClOS/c1-2-6-11-7-5-10-14(15(11)17)18-13-9-4-3-8-12(13)16/h2-10,17H,1H3. The van der Waals surface area contributed by atoms with Crippen molar-refractivity contribution in [3.05, 3.63) is 59.1 Å².